The summed E-state index contributed by atoms with van der Waals surface area (Å²) < 4.78 is 0. The van der Waals surface area contributed by atoms with E-state index in [1.807, 2.05) is 6.07 Å². The topological polar surface area (TPSA) is 50.2 Å². The van der Waals surface area contributed by atoms with E-state index in [4.69, 9.17) is 10.1 Å². The van der Waals surface area contributed by atoms with Gasteiger partial charge in [-0.1, -0.05) is 37.6 Å². The third kappa shape index (κ3) is 3.45. The Labute approximate surface area is 123 Å². The molecule has 0 aliphatic carbocycles. The van der Waals surface area contributed by atoms with Crippen LogP contribution >= 0.6 is 11.3 Å². The van der Waals surface area contributed by atoms with Crippen molar-refractivity contribution >= 4 is 17.3 Å². The van der Waals surface area contributed by atoms with Gasteiger partial charge in [-0.05, 0) is 25.3 Å². The van der Waals surface area contributed by atoms with Crippen LogP contribution in [-0.4, -0.2) is 16.1 Å². The zero-order chi connectivity index (χ0) is 14.7. The van der Waals surface area contributed by atoms with Crippen LogP contribution < -0.4 is 0 Å². The second-order valence-electron chi connectivity index (χ2n) is 5.25. The summed E-state index contributed by atoms with van der Waals surface area (Å²) in [4.78, 5) is 16.6. The second-order valence-corrected chi connectivity index (χ2v) is 6.33. The Balaban J connectivity index is 2.36. The van der Waals surface area contributed by atoms with Crippen molar-refractivity contribution in [2.45, 2.75) is 39.5 Å². The van der Waals surface area contributed by atoms with Crippen molar-refractivity contribution in [3.05, 3.63) is 40.4 Å². The molecular formula is C16H19NO2S. The maximum atomic E-state index is 10.8. The molecule has 0 fully saturated rings. The number of thiazole rings is 1. The molecule has 0 aliphatic heterocycles. The van der Waals surface area contributed by atoms with Crippen molar-refractivity contribution in [1.82, 2.24) is 4.98 Å². The van der Waals surface area contributed by atoms with Crippen molar-refractivity contribution in [3.63, 3.8) is 0 Å². The lowest BCUT2D eigenvalue weighted by atomic mass is 10.1. The standard InChI is InChI=1S/C16H19NO2S/c1-10(2)15-13(7-8-14(18)19)20-16(17-15)12-6-4-5-11(3)9-12/h4-6,9-10H,7-8H2,1-3H3,(H,18,19). The first-order valence-electron chi connectivity index (χ1n) is 6.76. The number of nitrogens with zero attached hydrogens (tertiary/aromatic N) is 1. The molecule has 0 amide bonds. The Morgan fingerprint density at radius 3 is 2.75 bits per heavy atom. The minimum absolute atomic E-state index is 0.162. The summed E-state index contributed by atoms with van der Waals surface area (Å²) in [7, 11) is 0. The Bertz CT molecular complexity index is 617. The van der Waals surface area contributed by atoms with E-state index in [2.05, 4.69) is 39.0 Å². The first-order valence-corrected chi connectivity index (χ1v) is 7.57. The summed E-state index contributed by atoms with van der Waals surface area (Å²) in [5.74, 6) is -0.446. The molecule has 1 N–H and O–H groups in total. The number of carboxylic acids is 1. The highest BCUT2D eigenvalue weighted by Crippen LogP contribution is 2.32. The summed E-state index contributed by atoms with van der Waals surface area (Å²) in [6, 6.07) is 8.25. The molecule has 0 atom stereocenters. The van der Waals surface area contributed by atoms with E-state index < -0.39 is 5.97 Å². The number of carbonyl (C=O) groups is 1. The number of aryl methyl sites for hydroxylation is 2. The maximum absolute atomic E-state index is 10.8. The zero-order valence-electron chi connectivity index (χ0n) is 12.0. The van der Waals surface area contributed by atoms with E-state index in [9.17, 15) is 4.79 Å². The van der Waals surface area contributed by atoms with Gasteiger partial charge in [-0.3, -0.25) is 4.79 Å². The molecule has 0 bridgehead atoms. The van der Waals surface area contributed by atoms with E-state index in [1.54, 1.807) is 11.3 Å². The fourth-order valence-electron chi connectivity index (χ4n) is 2.12. The van der Waals surface area contributed by atoms with Crippen molar-refractivity contribution in [2.75, 3.05) is 0 Å². The quantitative estimate of drug-likeness (QED) is 0.894. The van der Waals surface area contributed by atoms with Crippen LogP contribution in [0.1, 0.15) is 42.3 Å². The van der Waals surface area contributed by atoms with Gasteiger partial charge in [-0.25, -0.2) is 4.98 Å². The van der Waals surface area contributed by atoms with Crippen LogP contribution in [0.4, 0.5) is 0 Å². The van der Waals surface area contributed by atoms with Gasteiger partial charge in [0.25, 0.3) is 0 Å². The van der Waals surface area contributed by atoms with E-state index in [-0.39, 0.29) is 6.42 Å². The average Bonchev–Trinajstić information content (AvgIpc) is 2.80. The van der Waals surface area contributed by atoms with Gasteiger partial charge in [0.2, 0.25) is 0 Å². The summed E-state index contributed by atoms with van der Waals surface area (Å²) >= 11 is 1.62. The number of hydrogen-bond donors (Lipinski definition) is 1. The van der Waals surface area contributed by atoms with Crippen LogP contribution in [0.15, 0.2) is 24.3 Å². The molecule has 2 rings (SSSR count). The smallest absolute Gasteiger partial charge is 0.303 e. The summed E-state index contributed by atoms with van der Waals surface area (Å²) in [5, 5.41) is 9.83. The highest BCUT2D eigenvalue weighted by molar-refractivity contribution is 7.15. The summed E-state index contributed by atoms with van der Waals surface area (Å²) in [6.45, 7) is 6.25. The van der Waals surface area contributed by atoms with Crippen molar-refractivity contribution in [1.29, 1.82) is 0 Å². The third-order valence-electron chi connectivity index (χ3n) is 3.11. The number of aliphatic carboxylic acids is 1. The maximum Gasteiger partial charge on any atom is 0.303 e. The first-order chi connectivity index (χ1) is 9.47. The first kappa shape index (κ1) is 14.7. The van der Waals surface area contributed by atoms with Crippen LogP contribution in [0.2, 0.25) is 0 Å². The predicted octanol–water partition coefficient (Wildman–Crippen LogP) is 4.26. The van der Waals surface area contributed by atoms with E-state index in [1.165, 1.54) is 5.56 Å². The fraction of sp³-hybridized carbons (Fsp3) is 0.375. The number of carboxylic acid groups (broad SMARTS) is 1. The number of hydrogen-bond acceptors (Lipinski definition) is 3. The summed E-state index contributed by atoms with van der Waals surface area (Å²) in [6.07, 6.45) is 0.724. The lowest BCUT2D eigenvalue weighted by Crippen LogP contribution is -1.99. The van der Waals surface area contributed by atoms with E-state index in [0.29, 0.717) is 12.3 Å². The van der Waals surface area contributed by atoms with Crippen LogP contribution in [0.3, 0.4) is 0 Å². The van der Waals surface area contributed by atoms with E-state index >= 15 is 0 Å². The van der Waals surface area contributed by atoms with Gasteiger partial charge in [-0.15, -0.1) is 11.3 Å². The molecule has 20 heavy (non-hydrogen) atoms. The van der Waals surface area contributed by atoms with Gasteiger partial charge in [0.1, 0.15) is 5.01 Å². The number of rotatable bonds is 5. The van der Waals surface area contributed by atoms with Crippen LogP contribution in [0.25, 0.3) is 10.6 Å². The molecule has 1 heterocycles. The SMILES string of the molecule is Cc1cccc(-c2nc(C(C)C)c(CCC(=O)O)s2)c1. The molecular weight excluding hydrogens is 270 g/mol. The molecule has 1 aromatic heterocycles. The van der Waals surface area contributed by atoms with Crippen molar-refractivity contribution < 1.29 is 9.90 Å². The van der Waals surface area contributed by atoms with Gasteiger partial charge >= 0.3 is 5.97 Å². The highest BCUT2D eigenvalue weighted by Gasteiger charge is 2.16. The number of aromatic nitrogens is 1. The molecule has 0 unspecified atom stereocenters. The minimum atomic E-state index is -0.759. The Hall–Kier alpha value is -1.68. The zero-order valence-corrected chi connectivity index (χ0v) is 12.8. The molecule has 0 aliphatic rings. The largest absolute Gasteiger partial charge is 0.481 e. The van der Waals surface area contributed by atoms with Crippen LogP contribution in [0.5, 0.6) is 0 Å². The molecule has 1 aromatic carbocycles. The second kappa shape index (κ2) is 6.18. The predicted molar refractivity (Wildman–Crippen MR) is 82.3 cm³/mol. The number of benzene rings is 1. The molecule has 4 heteroatoms. The Kier molecular flexibility index (Phi) is 4.55. The molecule has 0 radical (unpaired) electrons. The fourth-order valence-corrected chi connectivity index (χ4v) is 3.33. The average molecular weight is 289 g/mol. The van der Waals surface area contributed by atoms with Crippen LogP contribution in [0, 0.1) is 6.92 Å². The van der Waals surface area contributed by atoms with Gasteiger partial charge in [-0.2, -0.15) is 0 Å². The Morgan fingerprint density at radius 1 is 1.40 bits per heavy atom. The minimum Gasteiger partial charge on any atom is -0.481 e. The Morgan fingerprint density at radius 2 is 2.15 bits per heavy atom. The molecule has 0 saturated heterocycles. The van der Waals surface area contributed by atoms with E-state index in [0.717, 1.165) is 21.1 Å². The molecule has 0 spiro atoms. The third-order valence-corrected chi connectivity index (χ3v) is 4.29. The monoisotopic (exact) mass is 289 g/mol. The lowest BCUT2D eigenvalue weighted by Gasteiger charge is -2.03. The highest BCUT2D eigenvalue weighted by atomic mass is 32.1. The molecule has 106 valence electrons. The van der Waals surface area contributed by atoms with Gasteiger partial charge in [0.05, 0.1) is 12.1 Å². The van der Waals surface area contributed by atoms with Gasteiger partial charge < -0.3 is 5.11 Å². The van der Waals surface area contributed by atoms with Crippen molar-refractivity contribution in [3.8, 4) is 10.6 Å². The summed E-state index contributed by atoms with van der Waals surface area (Å²) in [5.41, 5.74) is 3.35. The lowest BCUT2D eigenvalue weighted by molar-refractivity contribution is -0.136. The van der Waals surface area contributed by atoms with Crippen LogP contribution in [-0.2, 0) is 11.2 Å². The van der Waals surface area contributed by atoms with Gasteiger partial charge in [0.15, 0.2) is 0 Å². The van der Waals surface area contributed by atoms with Crippen molar-refractivity contribution in [2.24, 2.45) is 0 Å². The molecule has 3 nitrogen and oxygen atoms in total. The normalized spacial score (nSPS) is 11.0. The molecule has 0 saturated carbocycles. The van der Waals surface area contributed by atoms with Gasteiger partial charge in [0, 0.05) is 10.4 Å². The molecule has 2 aromatic rings.